The molecule has 1 rings (SSSR count). The summed E-state index contributed by atoms with van der Waals surface area (Å²) in [5, 5.41) is 8.03. The molecule has 0 aliphatic heterocycles. The molecule has 3 nitrogen and oxygen atoms in total. The molecule has 1 aromatic heterocycles. The molecular formula is C7H13N3S. The molecule has 0 saturated carbocycles. The number of aromatic nitrogens is 2. The Morgan fingerprint density at radius 1 is 1.55 bits per heavy atom. The monoisotopic (exact) mass is 171 g/mol. The van der Waals surface area contributed by atoms with Gasteiger partial charge in [-0.1, -0.05) is 25.3 Å². The summed E-state index contributed by atoms with van der Waals surface area (Å²) in [6.45, 7) is 7.52. The van der Waals surface area contributed by atoms with Gasteiger partial charge in [-0.15, -0.1) is 5.10 Å². The van der Waals surface area contributed by atoms with Gasteiger partial charge in [0.25, 0.3) is 0 Å². The molecule has 11 heavy (non-hydrogen) atoms. The Kier molecular flexibility index (Phi) is 2.44. The quantitative estimate of drug-likeness (QED) is 0.739. The minimum Gasteiger partial charge on any atom is -0.374 e. The predicted molar refractivity (Wildman–Crippen MR) is 47.9 cm³/mol. The van der Waals surface area contributed by atoms with Crippen LogP contribution < -0.4 is 5.32 Å². The van der Waals surface area contributed by atoms with E-state index in [1.165, 1.54) is 11.5 Å². The van der Waals surface area contributed by atoms with E-state index >= 15 is 0 Å². The van der Waals surface area contributed by atoms with Gasteiger partial charge in [-0.2, -0.15) is 0 Å². The Labute approximate surface area is 71.0 Å². The third-order valence-corrected chi connectivity index (χ3v) is 1.78. The lowest BCUT2D eigenvalue weighted by atomic mass is 9.97. The first-order chi connectivity index (χ1) is 5.08. The highest BCUT2D eigenvalue weighted by atomic mass is 32.1. The maximum atomic E-state index is 3.75. The van der Waals surface area contributed by atoms with Crippen molar-refractivity contribution in [1.29, 1.82) is 0 Å². The smallest absolute Gasteiger partial charge is 0.130 e. The van der Waals surface area contributed by atoms with Crippen LogP contribution in [-0.2, 0) is 0 Å². The number of rotatable bonds is 2. The first-order valence-corrected chi connectivity index (χ1v) is 4.36. The lowest BCUT2D eigenvalue weighted by molar-refractivity contribution is 0.443. The van der Waals surface area contributed by atoms with Crippen LogP contribution in [0.1, 0.15) is 20.8 Å². The average molecular weight is 171 g/mol. The van der Waals surface area contributed by atoms with Crippen molar-refractivity contribution < 1.29 is 0 Å². The minimum absolute atomic E-state index is 0.310. The van der Waals surface area contributed by atoms with E-state index in [0.717, 1.165) is 11.5 Å². The Morgan fingerprint density at radius 2 is 2.27 bits per heavy atom. The zero-order valence-corrected chi connectivity index (χ0v) is 7.90. The lowest BCUT2D eigenvalue weighted by Crippen LogP contribution is -2.18. The molecule has 1 N–H and O–H groups in total. The largest absolute Gasteiger partial charge is 0.374 e. The van der Waals surface area contributed by atoms with Gasteiger partial charge in [0, 0.05) is 18.1 Å². The summed E-state index contributed by atoms with van der Waals surface area (Å²) in [6, 6.07) is 0. The Hall–Kier alpha value is -0.640. The molecule has 0 aromatic carbocycles. The minimum atomic E-state index is 0.310. The summed E-state index contributed by atoms with van der Waals surface area (Å²) < 4.78 is 3.75. The summed E-state index contributed by atoms with van der Waals surface area (Å²) in [6.07, 6.45) is 1.75. The van der Waals surface area contributed by atoms with Crippen molar-refractivity contribution in [3.8, 4) is 0 Å². The third-order valence-electron chi connectivity index (χ3n) is 1.15. The van der Waals surface area contributed by atoms with Gasteiger partial charge in [0.1, 0.15) is 5.00 Å². The van der Waals surface area contributed by atoms with Crippen LogP contribution in [0.2, 0.25) is 0 Å². The number of nitrogens with zero attached hydrogens (tertiary/aromatic N) is 2. The van der Waals surface area contributed by atoms with Gasteiger partial charge >= 0.3 is 0 Å². The number of anilines is 1. The van der Waals surface area contributed by atoms with Crippen molar-refractivity contribution >= 4 is 16.5 Å². The molecule has 62 valence electrons. The fraction of sp³-hybridized carbons (Fsp3) is 0.714. The van der Waals surface area contributed by atoms with E-state index < -0.39 is 0 Å². The molecule has 0 atom stereocenters. The molecular weight excluding hydrogens is 158 g/mol. The van der Waals surface area contributed by atoms with Crippen LogP contribution in [0.5, 0.6) is 0 Å². The molecule has 0 bridgehead atoms. The second-order valence-corrected chi connectivity index (χ2v) is 4.48. The van der Waals surface area contributed by atoms with Crippen LogP contribution in [0.25, 0.3) is 0 Å². The Morgan fingerprint density at radius 3 is 2.73 bits per heavy atom. The first kappa shape index (κ1) is 8.46. The van der Waals surface area contributed by atoms with Gasteiger partial charge in [-0.05, 0) is 5.41 Å². The van der Waals surface area contributed by atoms with Gasteiger partial charge in [-0.25, -0.2) is 0 Å². The zero-order valence-electron chi connectivity index (χ0n) is 7.09. The van der Waals surface area contributed by atoms with E-state index in [4.69, 9.17) is 0 Å². The fourth-order valence-corrected chi connectivity index (χ4v) is 1.01. The van der Waals surface area contributed by atoms with Crippen molar-refractivity contribution in [3.63, 3.8) is 0 Å². The van der Waals surface area contributed by atoms with E-state index in [9.17, 15) is 0 Å². The highest BCUT2D eigenvalue weighted by Gasteiger charge is 2.09. The molecule has 0 unspecified atom stereocenters. The van der Waals surface area contributed by atoms with Crippen LogP contribution >= 0.6 is 11.5 Å². The summed E-state index contributed by atoms with van der Waals surface area (Å²) in [7, 11) is 0. The first-order valence-electron chi connectivity index (χ1n) is 3.59. The van der Waals surface area contributed by atoms with Crippen LogP contribution in [0, 0.1) is 5.41 Å². The van der Waals surface area contributed by atoms with Gasteiger partial charge in [0.2, 0.25) is 0 Å². The lowest BCUT2D eigenvalue weighted by Gasteiger charge is -2.17. The molecule has 0 amide bonds. The SMILES string of the molecule is CC(C)(C)CNc1cnns1. The fourth-order valence-electron chi connectivity index (χ4n) is 0.597. The normalized spacial score (nSPS) is 11.5. The molecule has 0 radical (unpaired) electrons. The molecule has 0 spiro atoms. The van der Waals surface area contributed by atoms with Gasteiger partial charge in [0.15, 0.2) is 0 Å². The maximum absolute atomic E-state index is 3.75. The standard InChI is InChI=1S/C7H13N3S/c1-7(2,3)5-8-6-4-9-10-11-6/h4,8H,5H2,1-3H3. The molecule has 0 aliphatic carbocycles. The second-order valence-electron chi connectivity index (χ2n) is 3.70. The molecule has 1 aromatic rings. The number of nitrogens with one attached hydrogen (secondary N) is 1. The summed E-state index contributed by atoms with van der Waals surface area (Å²) in [4.78, 5) is 0. The van der Waals surface area contributed by atoms with Gasteiger partial charge in [-0.3, -0.25) is 0 Å². The van der Waals surface area contributed by atoms with Crippen molar-refractivity contribution in [2.45, 2.75) is 20.8 Å². The highest BCUT2D eigenvalue weighted by Crippen LogP contribution is 2.16. The van der Waals surface area contributed by atoms with Crippen molar-refractivity contribution in [3.05, 3.63) is 6.20 Å². The Balaban J connectivity index is 2.35. The summed E-state index contributed by atoms with van der Waals surface area (Å²) >= 11 is 1.39. The van der Waals surface area contributed by atoms with Crippen LogP contribution in [0.3, 0.4) is 0 Å². The number of hydrogen-bond donors (Lipinski definition) is 1. The molecule has 4 heteroatoms. The maximum Gasteiger partial charge on any atom is 0.130 e. The van der Waals surface area contributed by atoms with Crippen molar-refractivity contribution in [2.75, 3.05) is 11.9 Å². The number of hydrogen-bond acceptors (Lipinski definition) is 4. The second kappa shape index (κ2) is 3.17. The molecule has 0 saturated heterocycles. The van der Waals surface area contributed by atoms with Crippen LogP contribution in [-0.4, -0.2) is 16.1 Å². The van der Waals surface area contributed by atoms with Crippen molar-refractivity contribution in [1.82, 2.24) is 9.59 Å². The molecule has 0 aliphatic rings. The topological polar surface area (TPSA) is 37.8 Å². The van der Waals surface area contributed by atoms with E-state index in [2.05, 4.69) is 35.7 Å². The van der Waals surface area contributed by atoms with E-state index in [-0.39, 0.29) is 0 Å². The van der Waals surface area contributed by atoms with E-state index in [1.54, 1.807) is 6.20 Å². The predicted octanol–water partition coefficient (Wildman–Crippen LogP) is 2.00. The third kappa shape index (κ3) is 3.32. The zero-order chi connectivity index (χ0) is 8.32. The van der Waals surface area contributed by atoms with Crippen LogP contribution in [0.15, 0.2) is 6.20 Å². The van der Waals surface area contributed by atoms with E-state index in [1.807, 2.05) is 0 Å². The average Bonchev–Trinajstić information content (AvgIpc) is 2.32. The van der Waals surface area contributed by atoms with E-state index in [0.29, 0.717) is 5.41 Å². The summed E-state index contributed by atoms with van der Waals surface area (Å²) in [5.41, 5.74) is 0.310. The Bertz CT molecular complexity index is 200. The highest BCUT2D eigenvalue weighted by molar-refractivity contribution is 7.09. The summed E-state index contributed by atoms with van der Waals surface area (Å²) in [5.74, 6) is 0. The van der Waals surface area contributed by atoms with Crippen molar-refractivity contribution in [2.24, 2.45) is 5.41 Å². The van der Waals surface area contributed by atoms with Gasteiger partial charge in [0.05, 0.1) is 6.20 Å². The molecule has 0 fully saturated rings. The van der Waals surface area contributed by atoms with Crippen LogP contribution in [0.4, 0.5) is 5.00 Å². The van der Waals surface area contributed by atoms with Gasteiger partial charge < -0.3 is 5.32 Å². The molecule has 1 heterocycles.